The molecule has 0 aliphatic carbocycles. The van der Waals surface area contributed by atoms with Crippen LogP contribution in [-0.4, -0.2) is 47.4 Å². The van der Waals surface area contributed by atoms with Gasteiger partial charge in [-0.3, -0.25) is 0 Å². The van der Waals surface area contributed by atoms with Crippen LogP contribution in [0.1, 0.15) is 5.82 Å². The lowest BCUT2D eigenvalue weighted by Crippen LogP contribution is -2.19. The Kier molecular flexibility index (Phi) is 4.72. The first kappa shape index (κ1) is 11.6. The second-order valence-corrected chi connectivity index (χ2v) is 2.63. The summed E-state index contributed by atoms with van der Waals surface area (Å²) in [6, 6.07) is 0.422. The molecule has 0 saturated carbocycles. The van der Waals surface area contributed by atoms with E-state index in [2.05, 4.69) is 20.3 Å². The molecule has 84 valence electrons. The van der Waals surface area contributed by atoms with Crippen LogP contribution in [0, 0.1) is 0 Å². The Labute approximate surface area is 87.5 Å². The number of aliphatic hydroxyl groups is 1. The summed E-state index contributed by atoms with van der Waals surface area (Å²) in [5.74, 6) is 0.507. The number of nitrogens with one attached hydrogen (secondary N) is 1. The molecule has 0 unspecified atom stereocenters. The molecule has 1 rings (SSSR count). The molecule has 7 nitrogen and oxygen atoms in total. The maximum atomic E-state index is 8.58. The predicted octanol–water partition coefficient (Wildman–Crippen LogP) is -1.03. The zero-order valence-electron chi connectivity index (χ0n) is 8.73. The third kappa shape index (κ3) is 3.64. The molecule has 7 heteroatoms. The Morgan fingerprint density at radius 1 is 1.13 bits per heavy atom. The molecule has 2 N–H and O–H groups in total. The third-order valence-electron chi connectivity index (χ3n) is 1.58. The van der Waals surface area contributed by atoms with Crippen LogP contribution in [0.5, 0.6) is 12.0 Å². The highest BCUT2D eigenvalue weighted by Crippen LogP contribution is 2.08. The van der Waals surface area contributed by atoms with Gasteiger partial charge in [-0.25, -0.2) is 0 Å². The van der Waals surface area contributed by atoms with Gasteiger partial charge in [0.15, 0.2) is 5.82 Å². The first-order valence-electron chi connectivity index (χ1n) is 4.44. The van der Waals surface area contributed by atoms with Gasteiger partial charge in [0.1, 0.15) is 0 Å². The van der Waals surface area contributed by atoms with Crippen molar-refractivity contribution in [2.45, 2.75) is 6.54 Å². The maximum Gasteiger partial charge on any atom is 0.322 e. The van der Waals surface area contributed by atoms with Crippen molar-refractivity contribution in [1.82, 2.24) is 20.3 Å². The van der Waals surface area contributed by atoms with Gasteiger partial charge in [-0.05, 0) is 0 Å². The van der Waals surface area contributed by atoms with Crippen LogP contribution in [0.25, 0.3) is 0 Å². The Hall–Kier alpha value is -1.47. The van der Waals surface area contributed by atoms with Gasteiger partial charge in [0, 0.05) is 6.54 Å². The molecule has 0 aromatic carbocycles. The van der Waals surface area contributed by atoms with E-state index in [9.17, 15) is 0 Å². The van der Waals surface area contributed by atoms with Crippen LogP contribution in [0.3, 0.4) is 0 Å². The smallest absolute Gasteiger partial charge is 0.322 e. The topological polar surface area (TPSA) is 89.4 Å². The molecular formula is C8H14N4O3. The number of aliphatic hydroxyl groups excluding tert-OH is 1. The van der Waals surface area contributed by atoms with Crippen LogP contribution < -0.4 is 14.8 Å². The van der Waals surface area contributed by atoms with E-state index < -0.39 is 0 Å². The van der Waals surface area contributed by atoms with Crippen LogP contribution >= 0.6 is 0 Å². The minimum atomic E-state index is 0.0688. The standard InChI is InChI=1S/C8H14N4O3/c1-14-7-10-6(5-9-3-4-13)11-8(12-7)15-2/h9,13H,3-5H2,1-2H3. The second kappa shape index (κ2) is 6.10. The summed E-state index contributed by atoms with van der Waals surface area (Å²) in [5, 5.41) is 11.5. The van der Waals surface area contributed by atoms with Crippen molar-refractivity contribution in [1.29, 1.82) is 0 Å². The number of rotatable bonds is 6. The van der Waals surface area contributed by atoms with E-state index in [1.165, 1.54) is 14.2 Å². The van der Waals surface area contributed by atoms with Gasteiger partial charge in [0.05, 0.1) is 27.4 Å². The number of nitrogens with zero attached hydrogens (tertiary/aromatic N) is 3. The van der Waals surface area contributed by atoms with E-state index in [4.69, 9.17) is 14.6 Å². The fourth-order valence-corrected chi connectivity index (χ4v) is 0.919. The lowest BCUT2D eigenvalue weighted by molar-refractivity contribution is 0.290. The average Bonchev–Trinajstić information content (AvgIpc) is 2.29. The first-order chi connectivity index (χ1) is 7.30. The highest BCUT2D eigenvalue weighted by Gasteiger charge is 2.05. The summed E-state index contributed by atoms with van der Waals surface area (Å²) in [5.41, 5.74) is 0. The van der Waals surface area contributed by atoms with E-state index in [1.54, 1.807) is 0 Å². The van der Waals surface area contributed by atoms with Crippen LogP contribution in [-0.2, 0) is 6.54 Å². The molecule has 0 fully saturated rings. The third-order valence-corrected chi connectivity index (χ3v) is 1.58. The zero-order chi connectivity index (χ0) is 11.1. The number of hydrogen-bond donors (Lipinski definition) is 2. The molecule has 0 amide bonds. The molecular weight excluding hydrogens is 200 g/mol. The summed E-state index contributed by atoms with van der Waals surface area (Å²) in [6.07, 6.45) is 0. The van der Waals surface area contributed by atoms with Crippen LogP contribution in [0.2, 0.25) is 0 Å². The molecule has 0 spiro atoms. The lowest BCUT2D eigenvalue weighted by atomic mass is 10.5. The van der Waals surface area contributed by atoms with E-state index in [0.717, 1.165) is 0 Å². The molecule has 15 heavy (non-hydrogen) atoms. The van der Waals surface area contributed by atoms with Crippen molar-refractivity contribution >= 4 is 0 Å². The van der Waals surface area contributed by atoms with Gasteiger partial charge in [0.25, 0.3) is 0 Å². The minimum Gasteiger partial charge on any atom is -0.467 e. The molecule has 1 heterocycles. The number of hydrogen-bond acceptors (Lipinski definition) is 7. The summed E-state index contributed by atoms with van der Waals surface area (Å²) in [4.78, 5) is 11.9. The highest BCUT2D eigenvalue weighted by atomic mass is 16.5. The Bertz CT molecular complexity index is 286. The fraction of sp³-hybridized carbons (Fsp3) is 0.625. The van der Waals surface area contributed by atoms with Crippen molar-refractivity contribution in [3.63, 3.8) is 0 Å². The molecule has 0 aliphatic heterocycles. The normalized spacial score (nSPS) is 10.1. The average molecular weight is 214 g/mol. The Morgan fingerprint density at radius 3 is 2.20 bits per heavy atom. The number of ether oxygens (including phenoxy) is 2. The lowest BCUT2D eigenvalue weighted by Gasteiger charge is -2.05. The largest absolute Gasteiger partial charge is 0.467 e. The maximum absolute atomic E-state index is 8.58. The monoisotopic (exact) mass is 214 g/mol. The van der Waals surface area contributed by atoms with Gasteiger partial charge < -0.3 is 19.9 Å². The van der Waals surface area contributed by atoms with Crippen molar-refractivity contribution < 1.29 is 14.6 Å². The van der Waals surface area contributed by atoms with Gasteiger partial charge in [-0.2, -0.15) is 9.97 Å². The molecule has 1 aromatic heterocycles. The first-order valence-corrected chi connectivity index (χ1v) is 4.44. The Balaban J connectivity index is 2.68. The van der Waals surface area contributed by atoms with Crippen molar-refractivity contribution in [3.05, 3.63) is 5.82 Å². The van der Waals surface area contributed by atoms with Gasteiger partial charge in [0.2, 0.25) is 0 Å². The van der Waals surface area contributed by atoms with Crippen molar-refractivity contribution in [2.24, 2.45) is 0 Å². The summed E-state index contributed by atoms with van der Waals surface area (Å²) in [6.45, 7) is 0.978. The van der Waals surface area contributed by atoms with Gasteiger partial charge in [-0.1, -0.05) is 0 Å². The SMILES string of the molecule is COc1nc(CNCCO)nc(OC)n1. The van der Waals surface area contributed by atoms with Crippen molar-refractivity contribution in [2.75, 3.05) is 27.4 Å². The Morgan fingerprint density at radius 2 is 1.73 bits per heavy atom. The summed E-state index contributed by atoms with van der Waals surface area (Å²) in [7, 11) is 2.94. The highest BCUT2D eigenvalue weighted by molar-refractivity contribution is 5.04. The zero-order valence-corrected chi connectivity index (χ0v) is 8.73. The second-order valence-electron chi connectivity index (χ2n) is 2.63. The predicted molar refractivity (Wildman–Crippen MR) is 51.7 cm³/mol. The number of methoxy groups -OCH3 is 2. The molecule has 0 radical (unpaired) electrons. The molecule has 1 aromatic rings. The van der Waals surface area contributed by atoms with E-state index in [1.807, 2.05) is 0 Å². The molecule has 0 saturated heterocycles. The molecule has 0 atom stereocenters. The summed E-state index contributed by atoms with van der Waals surface area (Å²) >= 11 is 0. The molecule has 0 aliphatic rings. The summed E-state index contributed by atoms with van der Waals surface area (Å²) < 4.78 is 9.77. The van der Waals surface area contributed by atoms with Crippen LogP contribution in [0.4, 0.5) is 0 Å². The number of aromatic nitrogens is 3. The minimum absolute atomic E-state index is 0.0688. The van der Waals surface area contributed by atoms with Crippen LogP contribution in [0.15, 0.2) is 0 Å². The van der Waals surface area contributed by atoms with E-state index >= 15 is 0 Å². The van der Waals surface area contributed by atoms with Gasteiger partial charge in [-0.15, -0.1) is 4.98 Å². The molecule has 0 bridgehead atoms. The quantitative estimate of drug-likeness (QED) is 0.585. The fourth-order valence-electron chi connectivity index (χ4n) is 0.919. The van der Waals surface area contributed by atoms with Gasteiger partial charge >= 0.3 is 12.0 Å². The van der Waals surface area contributed by atoms with E-state index in [-0.39, 0.29) is 18.6 Å². The van der Waals surface area contributed by atoms with Crippen molar-refractivity contribution in [3.8, 4) is 12.0 Å². The van der Waals surface area contributed by atoms with E-state index in [0.29, 0.717) is 18.9 Å².